The number of aliphatic hydroxyl groups excluding tert-OH is 1. The van der Waals surface area contributed by atoms with Gasteiger partial charge in [-0.2, -0.15) is 5.10 Å². The first-order chi connectivity index (χ1) is 16.1. The van der Waals surface area contributed by atoms with Crippen molar-refractivity contribution < 1.29 is 14.6 Å². The van der Waals surface area contributed by atoms with Crippen molar-refractivity contribution in [1.82, 2.24) is 30.3 Å². The summed E-state index contributed by atoms with van der Waals surface area (Å²) in [6, 6.07) is 6.99. The van der Waals surface area contributed by atoms with Gasteiger partial charge < -0.3 is 15.2 Å². The first kappa shape index (κ1) is 21.7. The second-order valence-corrected chi connectivity index (χ2v) is 8.63. The molecule has 9 nitrogen and oxygen atoms in total. The Morgan fingerprint density at radius 1 is 1.33 bits per heavy atom. The Bertz CT molecular complexity index is 1230. The number of ether oxygens (including phenoxy) is 1. The number of carbonyl (C=O) groups excluding carboxylic acids is 1. The largest absolute Gasteiger partial charge is 0.496 e. The van der Waals surface area contributed by atoms with Crippen molar-refractivity contribution >= 4 is 28.9 Å². The van der Waals surface area contributed by atoms with Gasteiger partial charge >= 0.3 is 0 Å². The summed E-state index contributed by atoms with van der Waals surface area (Å²) >= 11 is 6.34. The van der Waals surface area contributed by atoms with Crippen LogP contribution in [0, 0.1) is 0 Å². The number of hydrogen-bond acceptors (Lipinski definition) is 7. The van der Waals surface area contributed by atoms with E-state index in [2.05, 4.69) is 20.8 Å². The number of nitrogens with one attached hydrogen (secondary N) is 2. The molecule has 5 rings (SSSR count). The number of aliphatic hydroxyl groups is 1. The second kappa shape index (κ2) is 9.01. The molecule has 3 heterocycles. The van der Waals surface area contributed by atoms with Gasteiger partial charge in [0.2, 0.25) is 0 Å². The van der Waals surface area contributed by atoms with Crippen molar-refractivity contribution in [2.75, 3.05) is 13.7 Å². The predicted molar refractivity (Wildman–Crippen MR) is 123 cm³/mol. The Morgan fingerprint density at radius 2 is 2.18 bits per heavy atom. The van der Waals surface area contributed by atoms with Crippen molar-refractivity contribution in [3.05, 3.63) is 64.7 Å². The number of benzene rings is 1. The maximum atomic E-state index is 13.2. The fourth-order valence-electron chi connectivity index (χ4n) is 4.60. The lowest BCUT2D eigenvalue weighted by atomic mass is 9.91. The lowest BCUT2D eigenvalue weighted by Crippen LogP contribution is -2.48. The molecule has 2 atom stereocenters. The van der Waals surface area contributed by atoms with E-state index in [1.807, 2.05) is 11.1 Å². The number of nitrogens with zero attached hydrogens (tertiary/aromatic N) is 4. The summed E-state index contributed by atoms with van der Waals surface area (Å²) in [6.07, 6.45) is 7.97. The number of carbonyl (C=O) groups is 1. The van der Waals surface area contributed by atoms with Crippen LogP contribution in [-0.2, 0) is 0 Å². The lowest BCUT2D eigenvalue weighted by molar-refractivity contribution is 0.0317. The van der Waals surface area contributed by atoms with Crippen molar-refractivity contribution in [3.63, 3.8) is 0 Å². The minimum atomic E-state index is -0.481. The van der Waals surface area contributed by atoms with Gasteiger partial charge in [0.1, 0.15) is 11.3 Å². The molecule has 1 aromatic carbocycles. The van der Waals surface area contributed by atoms with E-state index < -0.39 is 6.10 Å². The van der Waals surface area contributed by atoms with E-state index in [9.17, 15) is 9.90 Å². The SMILES string of the molecule is COc1ccc(Cl)cc1C1=C(NC(=O)c2cnn3cccnc23)CNN1[C@H]1CCCC[C@H]1O. The number of methoxy groups -OCH3 is 1. The number of amides is 1. The standard InChI is InChI=1S/C23H25ClN6O3/c1-33-20-8-7-14(24)11-15(20)21-17(13-27-30(21)18-5-2-3-6-19(18)31)28-23(32)16-12-26-29-10-4-9-25-22(16)29/h4,7-12,18-19,27,31H,2-3,5-6,13H2,1H3,(H,28,32)/t18-,19+/m0/s1. The van der Waals surface area contributed by atoms with Gasteiger partial charge in [-0.3, -0.25) is 9.80 Å². The molecule has 2 aromatic heterocycles. The third-order valence-corrected chi connectivity index (χ3v) is 6.42. The fourth-order valence-corrected chi connectivity index (χ4v) is 4.77. The van der Waals surface area contributed by atoms with E-state index in [4.69, 9.17) is 16.3 Å². The summed E-state index contributed by atoms with van der Waals surface area (Å²) in [5.41, 5.74) is 6.34. The Kier molecular flexibility index (Phi) is 5.92. The Hall–Kier alpha value is -3.14. The van der Waals surface area contributed by atoms with Crippen LogP contribution in [0.4, 0.5) is 0 Å². The molecule has 172 valence electrons. The van der Waals surface area contributed by atoms with Gasteiger partial charge in [0.15, 0.2) is 5.65 Å². The van der Waals surface area contributed by atoms with E-state index in [-0.39, 0.29) is 11.9 Å². The fraction of sp³-hybridized carbons (Fsp3) is 0.348. The molecular formula is C23H25ClN6O3. The summed E-state index contributed by atoms with van der Waals surface area (Å²) < 4.78 is 7.17. The van der Waals surface area contributed by atoms with Crippen molar-refractivity contribution in [2.24, 2.45) is 0 Å². The van der Waals surface area contributed by atoms with Gasteiger partial charge in [0.05, 0.1) is 43.4 Å². The van der Waals surface area contributed by atoms with E-state index >= 15 is 0 Å². The van der Waals surface area contributed by atoms with Crippen molar-refractivity contribution in [1.29, 1.82) is 0 Å². The average Bonchev–Trinajstić information content (AvgIpc) is 3.43. The molecule has 3 N–H and O–H groups in total. The monoisotopic (exact) mass is 468 g/mol. The van der Waals surface area contributed by atoms with Crippen LogP contribution in [0.1, 0.15) is 41.6 Å². The number of rotatable bonds is 5. The molecule has 1 aliphatic carbocycles. The molecule has 0 unspecified atom stereocenters. The van der Waals surface area contributed by atoms with Crippen LogP contribution in [0.15, 0.2) is 48.6 Å². The topological polar surface area (TPSA) is 104 Å². The van der Waals surface area contributed by atoms with Gasteiger partial charge in [-0.05, 0) is 37.1 Å². The molecule has 0 bridgehead atoms. The molecular weight excluding hydrogens is 444 g/mol. The van der Waals surface area contributed by atoms with Gasteiger partial charge in [0, 0.05) is 23.0 Å². The number of aromatic nitrogens is 3. The molecule has 3 aromatic rings. The van der Waals surface area contributed by atoms with E-state index in [1.54, 1.807) is 42.2 Å². The molecule has 0 spiro atoms. The van der Waals surface area contributed by atoms with Gasteiger partial charge in [-0.1, -0.05) is 24.4 Å². The molecule has 1 fully saturated rings. The molecule has 0 saturated heterocycles. The smallest absolute Gasteiger partial charge is 0.261 e. The van der Waals surface area contributed by atoms with Crippen LogP contribution < -0.4 is 15.5 Å². The van der Waals surface area contributed by atoms with E-state index in [0.717, 1.165) is 36.9 Å². The van der Waals surface area contributed by atoms with E-state index in [1.165, 1.54) is 6.20 Å². The highest BCUT2D eigenvalue weighted by Gasteiger charge is 2.37. The zero-order valence-electron chi connectivity index (χ0n) is 18.2. The van der Waals surface area contributed by atoms with Crippen LogP contribution in [0.3, 0.4) is 0 Å². The number of hydrogen-bond donors (Lipinski definition) is 3. The van der Waals surface area contributed by atoms with E-state index in [0.29, 0.717) is 34.2 Å². The maximum Gasteiger partial charge on any atom is 0.261 e. The van der Waals surface area contributed by atoms with Gasteiger partial charge in [-0.15, -0.1) is 0 Å². The molecule has 1 saturated carbocycles. The summed E-state index contributed by atoms with van der Waals surface area (Å²) in [6.45, 7) is 0.382. The summed E-state index contributed by atoms with van der Waals surface area (Å²) in [5.74, 6) is 0.308. The number of fused-ring (bicyclic) bond motifs is 1. The molecule has 0 radical (unpaired) electrons. The van der Waals surface area contributed by atoms with Crippen LogP contribution in [0.25, 0.3) is 11.3 Å². The first-order valence-electron chi connectivity index (χ1n) is 10.9. The summed E-state index contributed by atoms with van der Waals surface area (Å²) in [4.78, 5) is 17.5. The number of hydrazine groups is 1. The van der Waals surface area contributed by atoms with Crippen LogP contribution in [0.2, 0.25) is 5.02 Å². The maximum absolute atomic E-state index is 13.2. The number of halogens is 1. The molecule has 1 amide bonds. The quantitative estimate of drug-likeness (QED) is 0.528. The molecule has 2 aliphatic rings. The average molecular weight is 469 g/mol. The summed E-state index contributed by atoms with van der Waals surface area (Å²) in [5, 5.41) is 20.5. The Morgan fingerprint density at radius 3 is 3.00 bits per heavy atom. The zero-order valence-corrected chi connectivity index (χ0v) is 18.9. The highest BCUT2D eigenvalue weighted by atomic mass is 35.5. The molecule has 10 heteroatoms. The third kappa shape index (κ3) is 4.03. The van der Waals surface area contributed by atoms with Crippen molar-refractivity contribution in [2.45, 2.75) is 37.8 Å². The van der Waals surface area contributed by atoms with Crippen LogP contribution in [0.5, 0.6) is 5.75 Å². The Labute approximate surface area is 196 Å². The van der Waals surface area contributed by atoms with Crippen LogP contribution >= 0.6 is 11.6 Å². The second-order valence-electron chi connectivity index (χ2n) is 8.20. The van der Waals surface area contributed by atoms with Crippen molar-refractivity contribution in [3.8, 4) is 5.75 Å². The molecule has 33 heavy (non-hydrogen) atoms. The lowest BCUT2D eigenvalue weighted by Gasteiger charge is -2.38. The molecule has 1 aliphatic heterocycles. The predicted octanol–water partition coefficient (Wildman–Crippen LogP) is 2.61. The minimum absolute atomic E-state index is 0.134. The van der Waals surface area contributed by atoms with Crippen LogP contribution in [-0.4, -0.2) is 56.4 Å². The first-order valence-corrected chi connectivity index (χ1v) is 11.3. The van der Waals surface area contributed by atoms with Gasteiger partial charge in [0.25, 0.3) is 5.91 Å². The summed E-state index contributed by atoms with van der Waals surface area (Å²) in [7, 11) is 1.60. The zero-order chi connectivity index (χ0) is 22.9. The third-order valence-electron chi connectivity index (χ3n) is 6.18. The normalized spacial score (nSPS) is 21.0. The minimum Gasteiger partial charge on any atom is -0.496 e. The Balaban J connectivity index is 1.57. The van der Waals surface area contributed by atoms with Gasteiger partial charge in [-0.25, -0.2) is 14.9 Å². The highest BCUT2D eigenvalue weighted by molar-refractivity contribution is 6.30. The highest BCUT2D eigenvalue weighted by Crippen LogP contribution is 2.38.